The van der Waals surface area contributed by atoms with Crippen molar-refractivity contribution in [2.24, 2.45) is 0 Å². The zero-order valence-corrected chi connectivity index (χ0v) is 17.3. The molecular weight excluding hydrogens is 374 g/mol. The van der Waals surface area contributed by atoms with Crippen LogP contribution in [0.15, 0.2) is 67.0 Å². The summed E-state index contributed by atoms with van der Waals surface area (Å²) in [6.07, 6.45) is 6.74. The van der Waals surface area contributed by atoms with Gasteiger partial charge in [0.05, 0.1) is 13.5 Å². The average Bonchev–Trinajstić information content (AvgIpc) is 2.80. The molecule has 3 heterocycles. The van der Waals surface area contributed by atoms with Crippen LogP contribution in [0.4, 0.5) is 0 Å². The molecule has 4 rings (SSSR count). The Hall–Kier alpha value is -3.21. The van der Waals surface area contributed by atoms with Crippen LogP contribution in [0.5, 0.6) is 5.75 Å². The van der Waals surface area contributed by atoms with Crippen LogP contribution in [-0.2, 0) is 17.6 Å². The maximum Gasteiger partial charge on any atom is 0.227 e. The number of carbonyl (C=O) groups excluding carboxylic acids is 1. The van der Waals surface area contributed by atoms with Crippen molar-refractivity contribution < 1.29 is 9.53 Å². The SMILES string of the molecule is COc1cccc(Cc2cccc([C@@H]3CCCN(C(=O)Cc4cccnc4)C3)n2)c1. The largest absolute Gasteiger partial charge is 0.497 e. The molecule has 3 aromatic rings. The van der Waals surface area contributed by atoms with Gasteiger partial charge in [-0.05, 0) is 54.3 Å². The van der Waals surface area contributed by atoms with Crippen LogP contribution in [0.25, 0.3) is 0 Å². The first kappa shape index (κ1) is 20.1. The molecule has 0 unspecified atom stereocenters. The monoisotopic (exact) mass is 401 g/mol. The summed E-state index contributed by atoms with van der Waals surface area (Å²) in [5.41, 5.74) is 4.26. The van der Waals surface area contributed by atoms with Crippen LogP contribution in [0, 0.1) is 0 Å². The number of benzene rings is 1. The molecular formula is C25H27N3O2. The van der Waals surface area contributed by atoms with E-state index in [2.05, 4.69) is 29.2 Å². The summed E-state index contributed by atoms with van der Waals surface area (Å²) < 4.78 is 5.33. The van der Waals surface area contributed by atoms with E-state index in [1.165, 1.54) is 5.56 Å². The predicted molar refractivity (Wildman–Crippen MR) is 117 cm³/mol. The standard InChI is InChI=1S/C25H27N3O2/c1-30-23-10-2-6-19(15-23)14-22-9-3-11-24(27-22)21-8-5-13-28(18-21)25(29)16-20-7-4-12-26-17-20/h2-4,6-7,9-12,15,17,21H,5,8,13-14,16,18H2,1H3/t21-/m1/s1. The first-order chi connectivity index (χ1) is 14.7. The summed E-state index contributed by atoms with van der Waals surface area (Å²) in [6.45, 7) is 1.55. The molecule has 0 N–H and O–H groups in total. The molecule has 1 aromatic carbocycles. The van der Waals surface area contributed by atoms with Gasteiger partial charge in [0.15, 0.2) is 0 Å². The number of rotatable bonds is 6. The zero-order valence-electron chi connectivity index (χ0n) is 17.3. The molecule has 0 bridgehead atoms. The van der Waals surface area contributed by atoms with Gasteiger partial charge in [-0.15, -0.1) is 0 Å². The maximum atomic E-state index is 12.8. The van der Waals surface area contributed by atoms with Gasteiger partial charge in [0.25, 0.3) is 0 Å². The van der Waals surface area contributed by atoms with Crippen molar-refractivity contribution in [1.29, 1.82) is 0 Å². The number of amides is 1. The summed E-state index contributed by atoms with van der Waals surface area (Å²) in [4.78, 5) is 23.8. The van der Waals surface area contributed by atoms with Crippen LogP contribution in [0.1, 0.15) is 41.3 Å². The third-order valence-electron chi connectivity index (χ3n) is 5.62. The number of ether oxygens (including phenoxy) is 1. The molecule has 0 radical (unpaired) electrons. The lowest BCUT2D eigenvalue weighted by Gasteiger charge is -2.32. The molecule has 1 fully saturated rings. The number of hydrogen-bond acceptors (Lipinski definition) is 4. The van der Waals surface area contributed by atoms with Gasteiger partial charge in [0.2, 0.25) is 5.91 Å². The van der Waals surface area contributed by atoms with E-state index >= 15 is 0 Å². The Balaban J connectivity index is 1.43. The first-order valence-corrected chi connectivity index (χ1v) is 10.5. The Morgan fingerprint density at radius 1 is 1.13 bits per heavy atom. The predicted octanol–water partition coefficient (Wildman–Crippen LogP) is 4.02. The number of aromatic nitrogens is 2. The Labute approximate surface area is 177 Å². The molecule has 1 amide bonds. The van der Waals surface area contributed by atoms with Crippen molar-refractivity contribution in [3.63, 3.8) is 0 Å². The molecule has 154 valence electrons. The molecule has 0 saturated carbocycles. The fraction of sp³-hybridized carbons (Fsp3) is 0.320. The number of nitrogens with zero attached hydrogens (tertiary/aromatic N) is 3. The van der Waals surface area contributed by atoms with E-state index in [-0.39, 0.29) is 11.8 Å². The van der Waals surface area contributed by atoms with Gasteiger partial charge in [0.1, 0.15) is 5.75 Å². The third kappa shape index (κ3) is 5.03. The smallest absolute Gasteiger partial charge is 0.227 e. The second-order valence-corrected chi connectivity index (χ2v) is 7.80. The fourth-order valence-corrected chi connectivity index (χ4v) is 4.05. The van der Waals surface area contributed by atoms with E-state index in [1.54, 1.807) is 19.5 Å². The number of methoxy groups -OCH3 is 1. The fourth-order valence-electron chi connectivity index (χ4n) is 4.05. The van der Waals surface area contributed by atoms with E-state index in [4.69, 9.17) is 9.72 Å². The summed E-state index contributed by atoms with van der Waals surface area (Å²) in [6, 6.07) is 18.2. The van der Waals surface area contributed by atoms with Gasteiger partial charge in [0, 0.05) is 49.2 Å². The highest BCUT2D eigenvalue weighted by Crippen LogP contribution is 2.27. The number of carbonyl (C=O) groups is 1. The van der Waals surface area contributed by atoms with Gasteiger partial charge in [-0.1, -0.05) is 24.3 Å². The Morgan fingerprint density at radius 2 is 2.00 bits per heavy atom. The topological polar surface area (TPSA) is 55.3 Å². The summed E-state index contributed by atoms with van der Waals surface area (Å²) in [7, 11) is 1.68. The lowest BCUT2D eigenvalue weighted by molar-refractivity contribution is -0.131. The van der Waals surface area contributed by atoms with Crippen molar-refractivity contribution >= 4 is 5.91 Å². The number of piperidine rings is 1. The van der Waals surface area contributed by atoms with E-state index in [1.807, 2.05) is 35.2 Å². The Morgan fingerprint density at radius 3 is 2.83 bits per heavy atom. The molecule has 5 nitrogen and oxygen atoms in total. The number of likely N-dealkylation sites (tertiary alicyclic amines) is 1. The average molecular weight is 402 g/mol. The van der Waals surface area contributed by atoms with Crippen LogP contribution < -0.4 is 4.74 Å². The first-order valence-electron chi connectivity index (χ1n) is 10.5. The summed E-state index contributed by atoms with van der Waals surface area (Å²) in [5, 5.41) is 0. The molecule has 1 saturated heterocycles. The van der Waals surface area contributed by atoms with E-state index in [9.17, 15) is 4.79 Å². The van der Waals surface area contributed by atoms with E-state index in [0.29, 0.717) is 6.42 Å². The minimum Gasteiger partial charge on any atom is -0.497 e. The molecule has 2 aromatic heterocycles. The van der Waals surface area contributed by atoms with Crippen molar-refractivity contribution in [3.05, 3.63) is 89.5 Å². The van der Waals surface area contributed by atoms with Crippen molar-refractivity contribution in [2.75, 3.05) is 20.2 Å². The maximum absolute atomic E-state index is 12.8. The minimum absolute atomic E-state index is 0.167. The molecule has 30 heavy (non-hydrogen) atoms. The highest BCUT2D eigenvalue weighted by Gasteiger charge is 2.25. The lowest BCUT2D eigenvalue weighted by atomic mass is 9.93. The van der Waals surface area contributed by atoms with E-state index in [0.717, 1.165) is 55.1 Å². The van der Waals surface area contributed by atoms with Gasteiger partial charge < -0.3 is 9.64 Å². The molecule has 5 heteroatoms. The van der Waals surface area contributed by atoms with Crippen molar-refractivity contribution in [2.45, 2.75) is 31.6 Å². The molecule has 1 atom stereocenters. The van der Waals surface area contributed by atoms with Gasteiger partial charge >= 0.3 is 0 Å². The lowest BCUT2D eigenvalue weighted by Crippen LogP contribution is -2.40. The highest BCUT2D eigenvalue weighted by molar-refractivity contribution is 5.78. The second kappa shape index (κ2) is 9.53. The van der Waals surface area contributed by atoms with Crippen LogP contribution >= 0.6 is 0 Å². The third-order valence-corrected chi connectivity index (χ3v) is 5.62. The Bertz CT molecular complexity index is 990. The van der Waals surface area contributed by atoms with Gasteiger partial charge in [-0.3, -0.25) is 14.8 Å². The number of hydrogen-bond donors (Lipinski definition) is 0. The zero-order chi connectivity index (χ0) is 20.8. The molecule has 0 spiro atoms. The minimum atomic E-state index is 0.167. The molecule has 0 aliphatic carbocycles. The van der Waals surface area contributed by atoms with Crippen LogP contribution in [-0.4, -0.2) is 41.0 Å². The van der Waals surface area contributed by atoms with Gasteiger partial charge in [-0.25, -0.2) is 0 Å². The van der Waals surface area contributed by atoms with Crippen molar-refractivity contribution in [1.82, 2.24) is 14.9 Å². The highest BCUT2D eigenvalue weighted by atomic mass is 16.5. The second-order valence-electron chi connectivity index (χ2n) is 7.80. The van der Waals surface area contributed by atoms with E-state index < -0.39 is 0 Å². The Kier molecular flexibility index (Phi) is 6.38. The summed E-state index contributed by atoms with van der Waals surface area (Å²) >= 11 is 0. The molecule has 1 aliphatic heterocycles. The van der Waals surface area contributed by atoms with Crippen molar-refractivity contribution in [3.8, 4) is 5.75 Å². The summed E-state index contributed by atoms with van der Waals surface area (Å²) in [5.74, 6) is 1.31. The van der Waals surface area contributed by atoms with Crippen LogP contribution in [0.3, 0.4) is 0 Å². The quantitative estimate of drug-likeness (QED) is 0.626. The number of pyridine rings is 2. The normalized spacial score (nSPS) is 16.3. The van der Waals surface area contributed by atoms with Crippen LogP contribution in [0.2, 0.25) is 0 Å². The molecule has 1 aliphatic rings. The van der Waals surface area contributed by atoms with Gasteiger partial charge in [-0.2, -0.15) is 0 Å².